The highest BCUT2D eigenvalue weighted by molar-refractivity contribution is 5.87. The molecule has 0 fully saturated rings. The lowest BCUT2D eigenvalue weighted by Gasteiger charge is -2.28. The van der Waals surface area contributed by atoms with Gasteiger partial charge in [0.2, 0.25) is 5.91 Å². The molecule has 1 heterocycles. The van der Waals surface area contributed by atoms with Gasteiger partial charge in [-0.2, -0.15) is 5.10 Å². The highest BCUT2D eigenvalue weighted by Gasteiger charge is 2.32. The zero-order chi connectivity index (χ0) is 17.3. The van der Waals surface area contributed by atoms with Crippen LogP contribution >= 0.6 is 0 Å². The quantitative estimate of drug-likeness (QED) is 0.887. The first-order valence-corrected chi connectivity index (χ1v) is 7.70. The van der Waals surface area contributed by atoms with Gasteiger partial charge in [-0.1, -0.05) is 29.8 Å². The van der Waals surface area contributed by atoms with Gasteiger partial charge in [0.15, 0.2) is 0 Å². The van der Waals surface area contributed by atoms with Gasteiger partial charge in [-0.15, -0.1) is 0 Å². The van der Waals surface area contributed by atoms with Gasteiger partial charge in [-0.05, 0) is 33.3 Å². The van der Waals surface area contributed by atoms with E-state index in [4.69, 9.17) is 0 Å². The number of carbonyl (C=O) groups is 1. The molecule has 1 aromatic heterocycles. The number of carbonyl (C=O) groups excluding carboxylic acids is 1. The largest absolute Gasteiger partial charge is 0.383 e. The van der Waals surface area contributed by atoms with Crippen molar-refractivity contribution in [2.24, 2.45) is 7.05 Å². The number of rotatable bonds is 5. The van der Waals surface area contributed by atoms with Gasteiger partial charge in [0, 0.05) is 18.8 Å². The molecule has 5 nitrogen and oxygen atoms in total. The number of aromatic nitrogens is 2. The summed E-state index contributed by atoms with van der Waals surface area (Å²) in [4.78, 5) is 12.6. The average molecular weight is 315 g/mol. The van der Waals surface area contributed by atoms with E-state index in [0.29, 0.717) is 5.56 Å². The Labute approximate surface area is 137 Å². The Kier molecular flexibility index (Phi) is 4.61. The normalized spacial score (nSPS) is 14.3. The lowest BCUT2D eigenvalue weighted by Crippen LogP contribution is -2.45. The Balaban J connectivity index is 2.07. The number of aliphatic hydroxyl groups is 1. The molecule has 0 aliphatic carbocycles. The predicted octanol–water partition coefficient (Wildman–Crippen LogP) is 2.03. The van der Waals surface area contributed by atoms with E-state index >= 15 is 0 Å². The summed E-state index contributed by atoms with van der Waals surface area (Å²) in [6.07, 6.45) is 3.36. The first-order chi connectivity index (χ1) is 10.6. The van der Waals surface area contributed by atoms with Crippen molar-refractivity contribution in [2.75, 3.05) is 6.54 Å². The number of amides is 1. The van der Waals surface area contributed by atoms with Gasteiger partial charge >= 0.3 is 0 Å². The predicted molar refractivity (Wildman–Crippen MR) is 90.0 cm³/mol. The van der Waals surface area contributed by atoms with Crippen molar-refractivity contribution in [1.29, 1.82) is 0 Å². The Morgan fingerprint density at radius 3 is 2.35 bits per heavy atom. The molecule has 124 valence electrons. The van der Waals surface area contributed by atoms with E-state index in [0.717, 1.165) is 11.1 Å². The van der Waals surface area contributed by atoms with Gasteiger partial charge in [0.25, 0.3) is 0 Å². The molecule has 23 heavy (non-hydrogen) atoms. The molecule has 0 saturated carbocycles. The average Bonchev–Trinajstić information content (AvgIpc) is 2.92. The molecule has 0 aliphatic heterocycles. The van der Waals surface area contributed by atoms with E-state index in [-0.39, 0.29) is 12.5 Å². The maximum Gasteiger partial charge on any atom is 0.230 e. The molecule has 0 saturated heterocycles. The molecule has 2 rings (SSSR count). The summed E-state index contributed by atoms with van der Waals surface area (Å²) in [5.41, 5.74) is 0.950. The summed E-state index contributed by atoms with van der Waals surface area (Å²) >= 11 is 0. The lowest BCUT2D eigenvalue weighted by atomic mass is 9.83. The number of hydrogen-bond acceptors (Lipinski definition) is 3. The van der Waals surface area contributed by atoms with Crippen LogP contribution in [0.25, 0.3) is 0 Å². The molecule has 1 amide bonds. The number of benzene rings is 1. The zero-order valence-corrected chi connectivity index (χ0v) is 14.4. The molecule has 0 radical (unpaired) electrons. The summed E-state index contributed by atoms with van der Waals surface area (Å²) in [6, 6.07) is 7.93. The number of nitrogens with one attached hydrogen (secondary N) is 1. The lowest BCUT2D eigenvalue weighted by molar-refractivity contribution is -0.126. The first-order valence-electron chi connectivity index (χ1n) is 7.70. The van der Waals surface area contributed by atoms with Crippen molar-refractivity contribution < 1.29 is 9.90 Å². The van der Waals surface area contributed by atoms with Crippen molar-refractivity contribution in [1.82, 2.24) is 15.1 Å². The summed E-state index contributed by atoms with van der Waals surface area (Å²) < 4.78 is 1.63. The van der Waals surface area contributed by atoms with Gasteiger partial charge in [0.05, 0.1) is 18.2 Å². The number of nitrogens with zero attached hydrogens (tertiary/aromatic N) is 2. The van der Waals surface area contributed by atoms with Crippen LogP contribution in [-0.4, -0.2) is 27.3 Å². The zero-order valence-electron chi connectivity index (χ0n) is 14.4. The van der Waals surface area contributed by atoms with Crippen LogP contribution in [-0.2, 0) is 22.9 Å². The third-order valence-corrected chi connectivity index (χ3v) is 4.26. The SMILES string of the molecule is Cc1ccc(C(C)(C)C(=O)NC[C@@](C)(O)c2cnn(C)c2)cc1. The summed E-state index contributed by atoms with van der Waals surface area (Å²) in [7, 11) is 1.79. The van der Waals surface area contributed by atoms with Crippen LogP contribution in [0.15, 0.2) is 36.7 Å². The Hall–Kier alpha value is -2.14. The fourth-order valence-corrected chi connectivity index (χ4v) is 2.38. The Morgan fingerprint density at radius 1 is 1.22 bits per heavy atom. The topological polar surface area (TPSA) is 67.2 Å². The van der Waals surface area contributed by atoms with E-state index in [2.05, 4.69) is 10.4 Å². The van der Waals surface area contributed by atoms with Gasteiger partial charge < -0.3 is 10.4 Å². The fourth-order valence-electron chi connectivity index (χ4n) is 2.38. The van der Waals surface area contributed by atoms with E-state index in [9.17, 15) is 9.90 Å². The number of hydrogen-bond donors (Lipinski definition) is 2. The Bertz CT molecular complexity index is 685. The van der Waals surface area contributed by atoms with Crippen LogP contribution in [0.5, 0.6) is 0 Å². The molecular weight excluding hydrogens is 290 g/mol. The highest BCUT2D eigenvalue weighted by atomic mass is 16.3. The second-order valence-corrected chi connectivity index (χ2v) is 6.85. The van der Waals surface area contributed by atoms with Crippen LogP contribution in [0.2, 0.25) is 0 Å². The number of aryl methyl sites for hydroxylation is 2. The van der Waals surface area contributed by atoms with Crippen molar-refractivity contribution in [3.05, 3.63) is 53.3 Å². The smallest absolute Gasteiger partial charge is 0.230 e. The molecule has 1 aromatic carbocycles. The van der Waals surface area contributed by atoms with E-state index in [1.807, 2.05) is 45.0 Å². The van der Waals surface area contributed by atoms with E-state index in [1.165, 1.54) is 0 Å². The van der Waals surface area contributed by atoms with Crippen molar-refractivity contribution >= 4 is 5.91 Å². The summed E-state index contributed by atoms with van der Waals surface area (Å²) in [5.74, 6) is -0.120. The standard InChI is InChI=1S/C18H25N3O2/c1-13-6-8-14(9-7-13)17(2,3)16(22)19-12-18(4,23)15-10-20-21(5)11-15/h6-11,23H,12H2,1-5H3,(H,19,22)/t18-/m1/s1. The van der Waals surface area contributed by atoms with E-state index in [1.54, 1.807) is 31.0 Å². The molecule has 2 N–H and O–H groups in total. The first kappa shape index (κ1) is 17.2. The molecule has 0 spiro atoms. The second kappa shape index (κ2) is 6.16. The second-order valence-electron chi connectivity index (χ2n) is 6.85. The van der Waals surface area contributed by atoms with Gasteiger partial charge in [-0.3, -0.25) is 9.48 Å². The summed E-state index contributed by atoms with van der Waals surface area (Å²) in [5, 5.41) is 17.5. The molecule has 0 unspecified atom stereocenters. The highest BCUT2D eigenvalue weighted by Crippen LogP contribution is 2.25. The fraction of sp³-hybridized carbons (Fsp3) is 0.444. The van der Waals surface area contributed by atoms with Crippen molar-refractivity contribution in [3.63, 3.8) is 0 Å². The van der Waals surface area contributed by atoms with Gasteiger partial charge in [-0.25, -0.2) is 0 Å². The molecule has 2 aromatic rings. The molecule has 0 bridgehead atoms. The maximum absolute atomic E-state index is 12.6. The van der Waals surface area contributed by atoms with Crippen LogP contribution in [0.4, 0.5) is 0 Å². The molecule has 1 atom stereocenters. The van der Waals surface area contributed by atoms with Crippen molar-refractivity contribution in [2.45, 2.75) is 38.7 Å². The molecule has 0 aliphatic rings. The Morgan fingerprint density at radius 2 is 1.83 bits per heavy atom. The monoisotopic (exact) mass is 315 g/mol. The minimum Gasteiger partial charge on any atom is -0.383 e. The maximum atomic E-state index is 12.6. The summed E-state index contributed by atoms with van der Waals surface area (Å²) in [6.45, 7) is 7.58. The van der Waals surface area contributed by atoms with Gasteiger partial charge in [0.1, 0.15) is 5.60 Å². The minimum absolute atomic E-state index is 0.120. The molecular formula is C18H25N3O2. The van der Waals surface area contributed by atoms with Crippen molar-refractivity contribution in [3.8, 4) is 0 Å². The molecule has 5 heteroatoms. The van der Waals surface area contributed by atoms with Crippen LogP contribution < -0.4 is 5.32 Å². The van der Waals surface area contributed by atoms with E-state index < -0.39 is 11.0 Å². The van der Waals surface area contributed by atoms with Crippen LogP contribution in [0.3, 0.4) is 0 Å². The minimum atomic E-state index is -1.16. The van der Waals surface area contributed by atoms with Crippen LogP contribution in [0.1, 0.15) is 37.5 Å². The van der Waals surface area contributed by atoms with Crippen LogP contribution in [0, 0.1) is 6.92 Å². The third kappa shape index (κ3) is 3.79. The third-order valence-electron chi connectivity index (χ3n) is 4.26.